The van der Waals surface area contributed by atoms with Crippen molar-refractivity contribution in [1.29, 1.82) is 0 Å². The molecule has 0 radical (unpaired) electrons. The minimum atomic E-state index is -0.216. The Balaban J connectivity index is 2.78. The van der Waals surface area contributed by atoms with E-state index in [2.05, 4.69) is 23.4 Å². The first-order valence-corrected chi connectivity index (χ1v) is 7.58. The van der Waals surface area contributed by atoms with Crippen LogP contribution in [-0.4, -0.2) is 41.9 Å². The van der Waals surface area contributed by atoms with E-state index in [0.29, 0.717) is 13.2 Å². The highest BCUT2D eigenvalue weighted by Gasteiger charge is 2.23. The maximum absolute atomic E-state index is 5.75. The fraction of sp³-hybridized carbons (Fsp3) is 0.800. The Morgan fingerprint density at radius 2 is 1.90 bits per heavy atom. The lowest BCUT2D eigenvalue weighted by molar-refractivity contribution is -0.153. The van der Waals surface area contributed by atoms with Crippen molar-refractivity contribution in [1.82, 2.24) is 15.1 Å². The van der Waals surface area contributed by atoms with E-state index >= 15 is 0 Å². The average molecular weight is 283 g/mol. The number of nitrogens with one attached hydrogen (secondary N) is 1. The minimum Gasteiger partial charge on any atom is -0.351 e. The number of aromatic nitrogens is 2. The first kappa shape index (κ1) is 17.1. The molecule has 0 aliphatic rings. The third-order valence-electron chi connectivity index (χ3n) is 3.17. The summed E-state index contributed by atoms with van der Waals surface area (Å²) in [5, 5.41) is 7.94. The lowest BCUT2D eigenvalue weighted by Gasteiger charge is -2.27. The van der Waals surface area contributed by atoms with Crippen molar-refractivity contribution >= 4 is 0 Å². The van der Waals surface area contributed by atoms with Crippen molar-refractivity contribution < 1.29 is 9.47 Å². The summed E-state index contributed by atoms with van der Waals surface area (Å²) in [5.74, 6) is 0. The van der Waals surface area contributed by atoms with Crippen LogP contribution < -0.4 is 5.32 Å². The quantitative estimate of drug-likeness (QED) is 0.668. The van der Waals surface area contributed by atoms with E-state index < -0.39 is 0 Å². The third kappa shape index (κ3) is 5.23. The van der Waals surface area contributed by atoms with Gasteiger partial charge >= 0.3 is 0 Å². The second-order valence-corrected chi connectivity index (χ2v) is 4.94. The summed E-state index contributed by atoms with van der Waals surface area (Å²) in [6, 6.07) is 2.26. The van der Waals surface area contributed by atoms with Crippen molar-refractivity contribution in [2.75, 3.05) is 19.8 Å². The Bertz CT molecular complexity index is 373. The van der Waals surface area contributed by atoms with Gasteiger partial charge in [0.05, 0.1) is 11.7 Å². The van der Waals surface area contributed by atoms with Crippen LogP contribution in [0, 0.1) is 6.92 Å². The molecule has 0 amide bonds. The van der Waals surface area contributed by atoms with Gasteiger partial charge in [-0.2, -0.15) is 5.10 Å². The Morgan fingerprint density at radius 1 is 1.25 bits per heavy atom. The van der Waals surface area contributed by atoms with Crippen LogP contribution in [0.1, 0.15) is 38.6 Å². The van der Waals surface area contributed by atoms with Crippen molar-refractivity contribution in [2.24, 2.45) is 7.05 Å². The predicted octanol–water partition coefficient (Wildman–Crippen LogP) is 2.04. The zero-order valence-electron chi connectivity index (χ0n) is 13.5. The fourth-order valence-electron chi connectivity index (χ4n) is 2.28. The molecular weight excluding hydrogens is 254 g/mol. The Hall–Kier alpha value is -0.910. The van der Waals surface area contributed by atoms with Gasteiger partial charge in [-0.3, -0.25) is 4.68 Å². The zero-order chi connectivity index (χ0) is 15.0. The average Bonchev–Trinajstić information content (AvgIpc) is 2.72. The first-order chi connectivity index (χ1) is 9.62. The summed E-state index contributed by atoms with van der Waals surface area (Å²) in [5.41, 5.74) is 2.24. The molecule has 0 spiro atoms. The van der Waals surface area contributed by atoms with Crippen molar-refractivity contribution in [3.8, 4) is 0 Å². The van der Waals surface area contributed by atoms with E-state index in [9.17, 15) is 0 Å². The molecule has 1 unspecified atom stereocenters. The Labute approximate surface area is 122 Å². The molecule has 0 aromatic carbocycles. The molecule has 0 aliphatic carbocycles. The van der Waals surface area contributed by atoms with Gasteiger partial charge in [-0.05, 0) is 39.8 Å². The normalized spacial score (nSPS) is 13.1. The summed E-state index contributed by atoms with van der Waals surface area (Å²) in [4.78, 5) is 0. The van der Waals surface area contributed by atoms with Crippen LogP contribution in [0.25, 0.3) is 0 Å². The van der Waals surface area contributed by atoms with Crippen LogP contribution in [0.5, 0.6) is 0 Å². The van der Waals surface area contributed by atoms with E-state index in [1.807, 2.05) is 32.5 Å². The molecule has 0 bridgehead atoms. The van der Waals surface area contributed by atoms with Crippen LogP contribution in [0.3, 0.4) is 0 Å². The molecule has 1 aromatic heterocycles. The highest BCUT2D eigenvalue weighted by atomic mass is 16.7. The van der Waals surface area contributed by atoms with Crippen molar-refractivity contribution in [2.45, 2.75) is 52.9 Å². The van der Waals surface area contributed by atoms with Gasteiger partial charge in [-0.25, -0.2) is 0 Å². The smallest absolute Gasteiger partial charge is 0.173 e. The van der Waals surface area contributed by atoms with Crippen LogP contribution in [-0.2, 0) is 22.9 Å². The zero-order valence-corrected chi connectivity index (χ0v) is 13.5. The molecule has 5 heteroatoms. The molecule has 1 aromatic rings. The van der Waals surface area contributed by atoms with E-state index in [1.54, 1.807) is 0 Å². The van der Waals surface area contributed by atoms with Crippen LogP contribution in [0.2, 0.25) is 0 Å². The summed E-state index contributed by atoms with van der Waals surface area (Å²) >= 11 is 0. The van der Waals surface area contributed by atoms with E-state index in [4.69, 9.17) is 9.47 Å². The molecule has 1 atom stereocenters. The maximum Gasteiger partial charge on any atom is 0.173 e. The van der Waals surface area contributed by atoms with E-state index in [0.717, 1.165) is 25.1 Å². The van der Waals surface area contributed by atoms with Gasteiger partial charge in [-0.1, -0.05) is 6.92 Å². The Kier molecular flexibility index (Phi) is 7.80. The van der Waals surface area contributed by atoms with Gasteiger partial charge in [0.15, 0.2) is 6.29 Å². The summed E-state index contributed by atoms with van der Waals surface area (Å²) < 4.78 is 13.4. The maximum atomic E-state index is 5.75. The second-order valence-electron chi connectivity index (χ2n) is 4.94. The number of ether oxygens (including phenoxy) is 2. The largest absolute Gasteiger partial charge is 0.351 e. The predicted molar refractivity (Wildman–Crippen MR) is 80.8 cm³/mol. The topological polar surface area (TPSA) is 48.3 Å². The third-order valence-corrected chi connectivity index (χ3v) is 3.17. The molecule has 5 nitrogen and oxygen atoms in total. The molecule has 0 fully saturated rings. The monoisotopic (exact) mass is 283 g/mol. The minimum absolute atomic E-state index is 0.143. The molecule has 0 aliphatic heterocycles. The molecule has 0 saturated carbocycles. The molecule has 1 heterocycles. The lowest BCUT2D eigenvalue weighted by Crippen LogP contribution is -2.45. The van der Waals surface area contributed by atoms with Crippen LogP contribution in [0.4, 0.5) is 0 Å². The first-order valence-electron chi connectivity index (χ1n) is 7.58. The number of aryl methyl sites for hydroxylation is 2. The molecular formula is C15H29N3O2. The van der Waals surface area contributed by atoms with Gasteiger partial charge in [0.25, 0.3) is 0 Å². The molecule has 1 rings (SSSR count). The SMILES string of the molecule is CCCNC(Cc1cc(C)nn1C)C(OCC)OCC. The summed E-state index contributed by atoms with van der Waals surface area (Å²) in [7, 11) is 1.98. The van der Waals surface area contributed by atoms with Crippen molar-refractivity contribution in [3.05, 3.63) is 17.5 Å². The van der Waals surface area contributed by atoms with Crippen molar-refractivity contribution in [3.63, 3.8) is 0 Å². The molecule has 0 saturated heterocycles. The number of hydrogen-bond acceptors (Lipinski definition) is 4. The molecule has 116 valence electrons. The lowest BCUT2D eigenvalue weighted by atomic mass is 10.1. The van der Waals surface area contributed by atoms with Gasteiger partial charge in [-0.15, -0.1) is 0 Å². The standard InChI is InChI=1S/C15H29N3O2/c1-6-9-16-14(15(19-7-2)20-8-3)11-13-10-12(4)17-18(13)5/h10,14-16H,6-9,11H2,1-5H3. The fourth-order valence-corrected chi connectivity index (χ4v) is 2.28. The van der Waals surface area contributed by atoms with Crippen LogP contribution >= 0.6 is 0 Å². The number of hydrogen-bond donors (Lipinski definition) is 1. The van der Waals surface area contributed by atoms with Gasteiger partial charge in [0.2, 0.25) is 0 Å². The van der Waals surface area contributed by atoms with Gasteiger partial charge in [0, 0.05) is 32.4 Å². The molecule has 20 heavy (non-hydrogen) atoms. The van der Waals surface area contributed by atoms with Gasteiger partial charge < -0.3 is 14.8 Å². The van der Waals surface area contributed by atoms with E-state index in [-0.39, 0.29) is 12.3 Å². The van der Waals surface area contributed by atoms with Crippen LogP contribution in [0.15, 0.2) is 6.07 Å². The summed E-state index contributed by atoms with van der Waals surface area (Å²) in [6.45, 7) is 10.4. The summed E-state index contributed by atoms with van der Waals surface area (Å²) in [6.07, 6.45) is 1.72. The highest BCUT2D eigenvalue weighted by Crippen LogP contribution is 2.11. The number of nitrogens with zero attached hydrogens (tertiary/aromatic N) is 2. The highest BCUT2D eigenvalue weighted by molar-refractivity contribution is 5.10. The molecule has 1 N–H and O–H groups in total. The Morgan fingerprint density at radius 3 is 2.35 bits per heavy atom. The second kappa shape index (κ2) is 9.10. The van der Waals surface area contributed by atoms with E-state index in [1.165, 1.54) is 5.69 Å². The number of rotatable bonds is 10. The van der Waals surface area contributed by atoms with Gasteiger partial charge in [0.1, 0.15) is 0 Å².